The minimum absolute atomic E-state index is 0.642. The van der Waals surface area contributed by atoms with Gasteiger partial charge in [0.2, 0.25) is 5.76 Å². The monoisotopic (exact) mass is 306 g/mol. The minimum Gasteiger partial charge on any atom is -0.493 e. The molecule has 0 aromatic heterocycles. The Hall–Kier alpha value is -2.04. The van der Waals surface area contributed by atoms with Crippen LogP contribution in [-0.2, 0) is 14.2 Å². The van der Waals surface area contributed by atoms with E-state index in [2.05, 4.69) is 24.5 Å². The summed E-state index contributed by atoms with van der Waals surface area (Å²) in [5, 5.41) is 6.78. The zero-order chi connectivity index (χ0) is 15.9. The summed E-state index contributed by atoms with van der Waals surface area (Å²) < 4.78 is 16.9. The molecule has 0 unspecified atom stereocenters. The molecule has 0 spiro atoms. The van der Waals surface area contributed by atoms with Crippen LogP contribution < -0.4 is 10.6 Å². The number of fused-ring (bicyclic) bond motifs is 1. The summed E-state index contributed by atoms with van der Waals surface area (Å²) in [6.45, 7) is 6.07. The quantitative estimate of drug-likeness (QED) is 0.722. The molecule has 5 heteroatoms. The van der Waals surface area contributed by atoms with Crippen LogP contribution in [0.5, 0.6) is 0 Å². The molecule has 0 bridgehead atoms. The van der Waals surface area contributed by atoms with Crippen molar-refractivity contribution in [2.75, 3.05) is 27.3 Å². The van der Waals surface area contributed by atoms with Gasteiger partial charge in [0.1, 0.15) is 0 Å². The molecule has 0 saturated carbocycles. The lowest BCUT2D eigenvalue weighted by Crippen LogP contribution is -2.27. The van der Waals surface area contributed by atoms with E-state index in [-0.39, 0.29) is 0 Å². The Balaban J connectivity index is 2.38. The third-order valence-electron chi connectivity index (χ3n) is 3.55. The zero-order valence-electron chi connectivity index (χ0n) is 13.9. The summed E-state index contributed by atoms with van der Waals surface area (Å²) in [6, 6.07) is 0. The van der Waals surface area contributed by atoms with Crippen molar-refractivity contribution in [1.82, 2.24) is 10.6 Å². The summed E-state index contributed by atoms with van der Waals surface area (Å²) in [6.07, 6.45) is 6.91. The number of allylic oxidation sites excluding steroid dienone is 3. The molecule has 0 atom stereocenters. The molecule has 0 amide bonds. The first kappa shape index (κ1) is 16.3. The van der Waals surface area contributed by atoms with E-state index < -0.39 is 0 Å². The number of nitrogens with one attached hydrogen (secondary N) is 2. The number of methoxy groups -OCH3 is 2. The van der Waals surface area contributed by atoms with Crippen LogP contribution >= 0.6 is 0 Å². The van der Waals surface area contributed by atoms with Crippen molar-refractivity contribution in [2.45, 2.75) is 33.1 Å². The standard InChI is InChI=1S/C17H26N2O3/c1-5-9-18-13-11-15(19-10-6-2)22-16-12(13)7-8-14(20-3)17(16)21-4/h8,11,18-19H,5-7,9-10H2,1-4H3. The molecule has 122 valence electrons. The highest BCUT2D eigenvalue weighted by molar-refractivity contribution is 5.49. The second-order valence-corrected chi connectivity index (χ2v) is 5.20. The van der Waals surface area contributed by atoms with Crippen molar-refractivity contribution in [1.29, 1.82) is 0 Å². The highest BCUT2D eigenvalue weighted by Gasteiger charge is 2.29. The predicted octanol–water partition coefficient (Wildman–Crippen LogP) is 2.90. The first-order chi connectivity index (χ1) is 10.7. The number of hydrogen-bond acceptors (Lipinski definition) is 5. The van der Waals surface area contributed by atoms with Crippen LogP contribution in [0, 0.1) is 0 Å². The molecule has 1 aliphatic carbocycles. The molecular formula is C17H26N2O3. The molecule has 22 heavy (non-hydrogen) atoms. The van der Waals surface area contributed by atoms with Crippen LogP contribution in [0.2, 0.25) is 0 Å². The van der Waals surface area contributed by atoms with Crippen molar-refractivity contribution in [3.8, 4) is 0 Å². The van der Waals surface area contributed by atoms with Crippen LogP contribution in [0.4, 0.5) is 0 Å². The van der Waals surface area contributed by atoms with Gasteiger partial charge in [-0.3, -0.25) is 0 Å². The Morgan fingerprint density at radius 1 is 1.09 bits per heavy atom. The summed E-state index contributed by atoms with van der Waals surface area (Å²) in [4.78, 5) is 0. The van der Waals surface area contributed by atoms with Crippen LogP contribution in [0.25, 0.3) is 0 Å². The lowest BCUT2D eigenvalue weighted by molar-refractivity contribution is 0.180. The lowest BCUT2D eigenvalue weighted by atomic mass is 9.99. The molecule has 2 rings (SSSR count). The topological polar surface area (TPSA) is 51.8 Å². The second kappa shape index (κ2) is 7.82. The fourth-order valence-corrected chi connectivity index (χ4v) is 2.45. The van der Waals surface area contributed by atoms with Crippen molar-refractivity contribution >= 4 is 0 Å². The first-order valence-corrected chi connectivity index (χ1v) is 7.88. The Labute approximate surface area is 132 Å². The molecule has 2 N–H and O–H groups in total. The van der Waals surface area contributed by atoms with Gasteiger partial charge in [-0.15, -0.1) is 0 Å². The average Bonchev–Trinajstić information content (AvgIpc) is 2.56. The van der Waals surface area contributed by atoms with Gasteiger partial charge in [-0.2, -0.15) is 0 Å². The van der Waals surface area contributed by atoms with E-state index in [1.165, 1.54) is 0 Å². The third kappa shape index (κ3) is 3.40. The van der Waals surface area contributed by atoms with E-state index in [4.69, 9.17) is 14.2 Å². The van der Waals surface area contributed by atoms with Crippen LogP contribution in [0.3, 0.4) is 0 Å². The van der Waals surface area contributed by atoms with Crippen molar-refractivity contribution in [3.05, 3.63) is 46.6 Å². The van der Waals surface area contributed by atoms with E-state index in [0.29, 0.717) is 11.5 Å². The maximum atomic E-state index is 6.02. The predicted molar refractivity (Wildman–Crippen MR) is 86.5 cm³/mol. The first-order valence-electron chi connectivity index (χ1n) is 7.88. The smallest absolute Gasteiger partial charge is 0.204 e. The van der Waals surface area contributed by atoms with E-state index in [1.807, 2.05) is 12.2 Å². The summed E-state index contributed by atoms with van der Waals surface area (Å²) in [7, 11) is 3.28. The van der Waals surface area contributed by atoms with Gasteiger partial charge in [0.15, 0.2) is 17.4 Å². The van der Waals surface area contributed by atoms with Gasteiger partial charge < -0.3 is 24.8 Å². The van der Waals surface area contributed by atoms with E-state index in [1.54, 1.807) is 14.2 Å². The molecule has 0 aromatic rings. The molecule has 5 nitrogen and oxygen atoms in total. The summed E-state index contributed by atoms with van der Waals surface area (Å²) in [5.41, 5.74) is 2.19. The van der Waals surface area contributed by atoms with E-state index in [9.17, 15) is 0 Å². The normalized spacial score (nSPS) is 17.3. The Bertz CT molecular complexity index is 530. The average molecular weight is 306 g/mol. The third-order valence-corrected chi connectivity index (χ3v) is 3.55. The van der Waals surface area contributed by atoms with Crippen LogP contribution in [0.15, 0.2) is 46.6 Å². The fourth-order valence-electron chi connectivity index (χ4n) is 2.45. The van der Waals surface area contributed by atoms with Gasteiger partial charge in [-0.05, 0) is 18.9 Å². The maximum Gasteiger partial charge on any atom is 0.204 e. The Morgan fingerprint density at radius 2 is 1.82 bits per heavy atom. The van der Waals surface area contributed by atoms with Gasteiger partial charge in [0.05, 0.1) is 14.2 Å². The molecule has 0 aromatic carbocycles. The van der Waals surface area contributed by atoms with Gasteiger partial charge in [0.25, 0.3) is 0 Å². The molecule has 0 saturated heterocycles. The second-order valence-electron chi connectivity index (χ2n) is 5.20. The van der Waals surface area contributed by atoms with Gasteiger partial charge in [-0.1, -0.05) is 13.8 Å². The van der Waals surface area contributed by atoms with Crippen LogP contribution in [-0.4, -0.2) is 27.3 Å². The largest absolute Gasteiger partial charge is 0.493 e. The number of hydrogen-bond donors (Lipinski definition) is 2. The molecule has 1 heterocycles. The van der Waals surface area contributed by atoms with Crippen molar-refractivity contribution < 1.29 is 14.2 Å². The van der Waals surface area contributed by atoms with Gasteiger partial charge >= 0.3 is 0 Å². The van der Waals surface area contributed by atoms with Crippen molar-refractivity contribution in [3.63, 3.8) is 0 Å². The molecule has 0 radical (unpaired) electrons. The molecular weight excluding hydrogens is 280 g/mol. The lowest BCUT2D eigenvalue weighted by Gasteiger charge is -2.28. The zero-order valence-corrected chi connectivity index (χ0v) is 13.9. The van der Waals surface area contributed by atoms with E-state index in [0.717, 1.165) is 55.3 Å². The number of ether oxygens (including phenoxy) is 3. The Morgan fingerprint density at radius 3 is 2.45 bits per heavy atom. The minimum atomic E-state index is 0.642. The van der Waals surface area contributed by atoms with Gasteiger partial charge in [-0.25, -0.2) is 0 Å². The van der Waals surface area contributed by atoms with E-state index >= 15 is 0 Å². The molecule has 2 aliphatic rings. The highest BCUT2D eigenvalue weighted by atomic mass is 16.5. The van der Waals surface area contributed by atoms with Gasteiger partial charge in [0, 0.05) is 36.9 Å². The van der Waals surface area contributed by atoms with Crippen LogP contribution in [0.1, 0.15) is 33.1 Å². The maximum absolute atomic E-state index is 6.02. The molecule has 1 aliphatic heterocycles. The SMILES string of the molecule is CCCNC1=CC(NCCC)=C2CC=C(OC)C(OC)=C2O1. The van der Waals surface area contributed by atoms with Crippen molar-refractivity contribution in [2.24, 2.45) is 0 Å². The molecule has 0 fully saturated rings. The summed E-state index contributed by atoms with van der Waals surface area (Å²) >= 11 is 0. The Kier molecular flexibility index (Phi) is 5.81. The fraction of sp³-hybridized carbons (Fsp3) is 0.529. The summed E-state index contributed by atoms with van der Waals surface area (Å²) in [5.74, 6) is 2.84. The number of rotatable bonds is 8. The highest BCUT2D eigenvalue weighted by Crippen LogP contribution is 2.36.